The Kier molecular flexibility index (Phi) is 5.23. The molecule has 0 radical (unpaired) electrons. The van der Waals surface area contributed by atoms with E-state index in [0.29, 0.717) is 5.02 Å². The number of aliphatic hydroxyl groups excluding tert-OH is 1. The number of hydrogen-bond donors (Lipinski definition) is 2. The Morgan fingerprint density at radius 1 is 1.37 bits per heavy atom. The van der Waals surface area contributed by atoms with Crippen LogP contribution in [-0.2, 0) is 4.79 Å². The normalized spacial score (nSPS) is 16.7. The van der Waals surface area contributed by atoms with Gasteiger partial charge in [0.1, 0.15) is 0 Å². The molecule has 1 atom stereocenters. The Hall–Kier alpha value is -1.06. The number of benzene rings is 1. The van der Waals surface area contributed by atoms with Crippen molar-refractivity contribution in [1.29, 1.82) is 0 Å². The third kappa shape index (κ3) is 4.51. The van der Waals surface area contributed by atoms with Crippen LogP contribution in [0.3, 0.4) is 0 Å². The Balaban J connectivity index is 1.70. The molecule has 0 saturated heterocycles. The monoisotopic (exact) mass is 281 g/mol. The number of carbonyl (C=O) groups is 1. The van der Waals surface area contributed by atoms with E-state index in [-0.39, 0.29) is 12.3 Å². The van der Waals surface area contributed by atoms with E-state index < -0.39 is 6.10 Å². The smallest absolute Gasteiger partial charge is 0.222 e. The summed E-state index contributed by atoms with van der Waals surface area (Å²) in [6, 6.07) is 6.92. The second kappa shape index (κ2) is 6.92. The van der Waals surface area contributed by atoms with Gasteiger partial charge in [0.2, 0.25) is 5.91 Å². The van der Waals surface area contributed by atoms with E-state index in [9.17, 15) is 9.90 Å². The van der Waals surface area contributed by atoms with Gasteiger partial charge in [-0.15, -0.1) is 0 Å². The second-order valence-electron chi connectivity index (χ2n) is 5.21. The van der Waals surface area contributed by atoms with Gasteiger partial charge >= 0.3 is 0 Å². The minimum atomic E-state index is -0.763. The van der Waals surface area contributed by atoms with Crippen LogP contribution >= 0.6 is 11.6 Å². The van der Waals surface area contributed by atoms with Gasteiger partial charge in [-0.3, -0.25) is 4.79 Å². The molecule has 0 heterocycles. The summed E-state index contributed by atoms with van der Waals surface area (Å²) in [4.78, 5) is 11.7. The Morgan fingerprint density at radius 2 is 2.05 bits per heavy atom. The van der Waals surface area contributed by atoms with E-state index in [1.54, 1.807) is 24.3 Å². The number of hydrogen-bond acceptors (Lipinski definition) is 2. The maximum atomic E-state index is 11.7. The van der Waals surface area contributed by atoms with Crippen LogP contribution in [-0.4, -0.2) is 17.6 Å². The molecule has 0 aliphatic heterocycles. The zero-order chi connectivity index (χ0) is 13.7. The van der Waals surface area contributed by atoms with Crippen LogP contribution in [0.1, 0.15) is 43.8 Å². The number of amides is 1. The zero-order valence-electron chi connectivity index (χ0n) is 10.9. The molecule has 1 aliphatic rings. The van der Waals surface area contributed by atoms with Crippen LogP contribution in [0.2, 0.25) is 5.02 Å². The number of carbonyl (C=O) groups excluding carboxylic acids is 1. The van der Waals surface area contributed by atoms with Gasteiger partial charge in [0.05, 0.1) is 12.5 Å². The molecule has 19 heavy (non-hydrogen) atoms. The molecular formula is C15H20ClNO2. The van der Waals surface area contributed by atoms with Gasteiger partial charge in [0, 0.05) is 11.6 Å². The fourth-order valence-electron chi connectivity index (χ4n) is 2.25. The maximum absolute atomic E-state index is 11.7. The minimum absolute atomic E-state index is 0.0956. The highest BCUT2D eigenvalue weighted by Gasteiger charge is 2.17. The lowest BCUT2D eigenvalue weighted by molar-refractivity contribution is -0.123. The third-order valence-electron chi connectivity index (χ3n) is 3.73. The first-order valence-electron chi connectivity index (χ1n) is 6.85. The minimum Gasteiger partial charge on any atom is -0.388 e. The fourth-order valence-corrected chi connectivity index (χ4v) is 2.37. The molecule has 4 heteroatoms. The number of rotatable bonds is 6. The second-order valence-corrected chi connectivity index (χ2v) is 5.64. The molecule has 1 aromatic carbocycles. The summed E-state index contributed by atoms with van der Waals surface area (Å²) in [5.74, 6) is 0.697. The average Bonchev–Trinajstić information content (AvgIpc) is 2.33. The van der Waals surface area contributed by atoms with Crippen LogP contribution in [0.5, 0.6) is 0 Å². The average molecular weight is 282 g/mol. The predicted molar refractivity (Wildman–Crippen MR) is 76.0 cm³/mol. The van der Waals surface area contributed by atoms with Crippen molar-refractivity contribution in [3.63, 3.8) is 0 Å². The van der Waals surface area contributed by atoms with E-state index in [1.807, 2.05) is 0 Å². The molecule has 1 amide bonds. The predicted octanol–water partition coefficient (Wildman–Crippen LogP) is 3.07. The van der Waals surface area contributed by atoms with E-state index in [1.165, 1.54) is 19.3 Å². The largest absolute Gasteiger partial charge is 0.388 e. The van der Waals surface area contributed by atoms with Crippen LogP contribution in [0.15, 0.2) is 24.3 Å². The molecule has 0 aromatic heterocycles. The highest BCUT2D eigenvalue weighted by molar-refractivity contribution is 6.30. The molecule has 104 valence electrons. The molecule has 1 aromatic rings. The summed E-state index contributed by atoms with van der Waals surface area (Å²) in [5, 5.41) is 13.4. The lowest BCUT2D eigenvalue weighted by Gasteiger charge is -2.25. The third-order valence-corrected chi connectivity index (χ3v) is 3.98. The van der Waals surface area contributed by atoms with E-state index in [4.69, 9.17) is 11.6 Å². The van der Waals surface area contributed by atoms with Crippen LogP contribution in [0.25, 0.3) is 0 Å². The lowest BCUT2D eigenvalue weighted by Crippen LogP contribution is -2.28. The first-order chi connectivity index (χ1) is 9.15. The molecule has 3 nitrogen and oxygen atoms in total. The molecule has 2 rings (SSSR count). The molecule has 1 fully saturated rings. The Morgan fingerprint density at radius 3 is 2.63 bits per heavy atom. The van der Waals surface area contributed by atoms with Crippen molar-refractivity contribution >= 4 is 17.5 Å². The molecule has 1 aliphatic carbocycles. The van der Waals surface area contributed by atoms with E-state index >= 15 is 0 Å². The Labute approximate surface area is 119 Å². The fraction of sp³-hybridized carbons (Fsp3) is 0.533. The summed E-state index contributed by atoms with van der Waals surface area (Å²) < 4.78 is 0. The van der Waals surface area contributed by atoms with Gasteiger partial charge in [0.15, 0.2) is 0 Å². The van der Waals surface area contributed by atoms with Gasteiger partial charge < -0.3 is 10.4 Å². The van der Waals surface area contributed by atoms with Crippen molar-refractivity contribution in [2.75, 3.05) is 6.54 Å². The lowest BCUT2D eigenvalue weighted by atomic mass is 9.83. The van der Waals surface area contributed by atoms with Crippen LogP contribution in [0.4, 0.5) is 0 Å². The van der Waals surface area contributed by atoms with Gasteiger partial charge in [0.25, 0.3) is 0 Å². The first kappa shape index (κ1) is 14.4. The summed E-state index contributed by atoms with van der Waals surface area (Å²) in [5.41, 5.74) is 0.721. The van der Waals surface area contributed by atoms with E-state index in [2.05, 4.69) is 5.32 Å². The molecule has 2 N–H and O–H groups in total. The topological polar surface area (TPSA) is 49.3 Å². The number of nitrogens with one attached hydrogen (secondary N) is 1. The number of halogens is 1. The van der Waals surface area contributed by atoms with Gasteiger partial charge in [-0.2, -0.15) is 0 Å². The maximum Gasteiger partial charge on any atom is 0.222 e. The zero-order valence-corrected chi connectivity index (χ0v) is 11.7. The van der Waals surface area contributed by atoms with E-state index in [0.717, 1.165) is 24.4 Å². The van der Waals surface area contributed by atoms with Crippen LogP contribution < -0.4 is 5.32 Å². The van der Waals surface area contributed by atoms with Crippen molar-refractivity contribution in [3.05, 3.63) is 34.9 Å². The molecule has 1 unspecified atom stereocenters. The SMILES string of the molecule is O=C(CC(O)c1ccc(Cl)cc1)NCCC1CCC1. The summed E-state index contributed by atoms with van der Waals surface area (Å²) in [7, 11) is 0. The standard InChI is InChI=1S/C15H20ClNO2/c16-13-6-4-12(5-7-13)14(18)10-15(19)17-9-8-11-2-1-3-11/h4-7,11,14,18H,1-3,8-10H2,(H,17,19). The molecule has 1 saturated carbocycles. The van der Waals surface area contributed by atoms with Crippen molar-refractivity contribution in [1.82, 2.24) is 5.32 Å². The van der Waals surface area contributed by atoms with Crippen molar-refractivity contribution in [2.45, 2.75) is 38.2 Å². The first-order valence-corrected chi connectivity index (χ1v) is 7.23. The van der Waals surface area contributed by atoms with Crippen LogP contribution in [0, 0.1) is 5.92 Å². The van der Waals surface area contributed by atoms with Gasteiger partial charge in [-0.1, -0.05) is 43.0 Å². The summed E-state index contributed by atoms with van der Waals surface area (Å²) in [6.07, 6.45) is 4.32. The van der Waals surface area contributed by atoms with Gasteiger partial charge in [-0.05, 0) is 30.0 Å². The van der Waals surface area contributed by atoms with Crippen molar-refractivity contribution < 1.29 is 9.90 Å². The quantitative estimate of drug-likeness (QED) is 0.842. The highest BCUT2D eigenvalue weighted by Crippen LogP contribution is 2.28. The Bertz CT molecular complexity index is 415. The highest BCUT2D eigenvalue weighted by atomic mass is 35.5. The molecule has 0 spiro atoms. The summed E-state index contributed by atoms with van der Waals surface area (Å²) >= 11 is 5.78. The van der Waals surface area contributed by atoms with Crippen molar-refractivity contribution in [3.8, 4) is 0 Å². The summed E-state index contributed by atoms with van der Waals surface area (Å²) in [6.45, 7) is 0.719. The molecular weight excluding hydrogens is 262 g/mol. The molecule has 0 bridgehead atoms. The number of aliphatic hydroxyl groups is 1. The van der Waals surface area contributed by atoms with Gasteiger partial charge in [-0.25, -0.2) is 0 Å². The van der Waals surface area contributed by atoms with Crippen molar-refractivity contribution in [2.24, 2.45) is 5.92 Å².